The summed E-state index contributed by atoms with van der Waals surface area (Å²) in [7, 11) is 0. The zero-order chi connectivity index (χ0) is 11.4. The van der Waals surface area contributed by atoms with Crippen LogP contribution in [0.15, 0.2) is 0 Å². The predicted octanol–water partition coefficient (Wildman–Crippen LogP) is 0.293. The number of nitrogens with zero attached hydrogens (tertiary/aromatic N) is 2. The summed E-state index contributed by atoms with van der Waals surface area (Å²) in [5, 5.41) is 3.11. The fourth-order valence-corrected chi connectivity index (χ4v) is 2.73. The van der Waals surface area contributed by atoms with E-state index in [0.717, 1.165) is 26.2 Å². The van der Waals surface area contributed by atoms with Gasteiger partial charge in [-0.15, -0.1) is 0 Å². The number of piperidine rings is 1. The largest absolute Gasteiger partial charge is 0.339 e. The van der Waals surface area contributed by atoms with Crippen LogP contribution in [0.25, 0.3) is 0 Å². The molecule has 2 saturated heterocycles. The van der Waals surface area contributed by atoms with E-state index in [2.05, 4.69) is 10.2 Å². The third kappa shape index (κ3) is 2.74. The number of fused-ring (bicyclic) bond motifs is 1. The monoisotopic (exact) mass is 225 g/mol. The minimum absolute atomic E-state index is 0.270. The van der Waals surface area contributed by atoms with Gasteiger partial charge in [0.1, 0.15) is 0 Å². The molecule has 2 aliphatic rings. The second kappa shape index (κ2) is 5.64. The molecule has 1 unspecified atom stereocenters. The molecule has 4 heteroatoms. The standard InChI is InChI=1S/C12H23N3O/c1-2-13-9-12(16)15-8-7-14-6-4-3-5-11(14)10-15/h11,13H,2-10H2,1H3. The molecule has 4 nitrogen and oxygen atoms in total. The van der Waals surface area contributed by atoms with E-state index in [0.29, 0.717) is 12.6 Å². The molecule has 2 rings (SSSR count). The van der Waals surface area contributed by atoms with Crippen LogP contribution in [0.3, 0.4) is 0 Å². The Morgan fingerprint density at radius 1 is 1.31 bits per heavy atom. The Balaban J connectivity index is 1.82. The molecular formula is C12H23N3O. The molecule has 92 valence electrons. The SMILES string of the molecule is CCNCC(=O)N1CCN2CCCCC2C1. The van der Waals surface area contributed by atoms with Crippen molar-refractivity contribution in [2.45, 2.75) is 32.2 Å². The van der Waals surface area contributed by atoms with Crippen LogP contribution in [-0.2, 0) is 4.79 Å². The summed E-state index contributed by atoms with van der Waals surface area (Å²) in [6, 6.07) is 0.632. The van der Waals surface area contributed by atoms with Crippen LogP contribution in [0, 0.1) is 0 Å². The Kier molecular flexibility index (Phi) is 4.18. The Hall–Kier alpha value is -0.610. The van der Waals surface area contributed by atoms with Gasteiger partial charge in [0.25, 0.3) is 0 Å². The van der Waals surface area contributed by atoms with E-state index >= 15 is 0 Å². The van der Waals surface area contributed by atoms with Crippen LogP contribution >= 0.6 is 0 Å². The Labute approximate surface area is 98.0 Å². The van der Waals surface area contributed by atoms with Crippen molar-refractivity contribution in [3.8, 4) is 0 Å². The number of likely N-dealkylation sites (N-methyl/N-ethyl adjacent to an activating group) is 1. The lowest BCUT2D eigenvalue weighted by Crippen LogP contribution is -2.57. The number of nitrogens with one attached hydrogen (secondary N) is 1. The molecule has 2 heterocycles. The van der Waals surface area contributed by atoms with Crippen LogP contribution in [0.1, 0.15) is 26.2 Å². The highest BCUT2D eigenvalue weighted by atomic mass is 16.2. The van der Waals surface area contributed by atoms with Crippen LogP contribution < -0.4 is 5.32 Å². The number of hydrogen-bond donors (Lipinski definition) is 1. The smallest absolute Gasteiger partial charge is 0.236 e. The highest BCUT2D eigenvalue weighted by molar-refractivity contribution is 5.78. The van der Waals surface area contributed by atoms with Gasteiger partial charge >= 0.3 is 0 Å². The van der Waals surface area contributed by atoms with Crippen molar-refractivity contribution in [2.75, 3.05) is 39.3 Å². The molecule has 2 aliphatic heterocycles. The summed E-state index contributed by atoms with van der Waals surface area (Å²) in [6.45, 7) is 7.58. The second-order valence-corrected chi connectivity index (χ2v) is 4.81. The molecule has 0 radical (unpaired) electrons. The van der Waals surface area contributed by atoms with E-state index in [1.807, 2.05) is 11.8 Å². The Morgan fingerprint density at radius 2 is 2.19 bits per heavy atom. The summed E-state index contributed by atoms with van der Waals surface area (Å²) >= 11 is 0. The molecular weight excluding hydrogens is 202 g/mol. The topological polar surface area (TPSA) is 35.6 Å². The van der Waals surface area contributed by atoms with Crippen LogP contribution in [0.4, 0.5) is 0 Å². The molecule has 1 N–H and O–H groups in total. The zero-order valence-electron chi connectivity index (χ0n) is 10.2. The van der Waals surface area contributed by atoms with E-state index in [4.69, 9.17) is 0 Å². The first-order valence-electron chi connectivity index (χ1n) is 6.54. The molecule has 0 spiro atoms. The lowest BCUT2D eigenvalue weighted by Gasteiger charge is -2.44. The molecule has 16 heavy (non-hydrogen) atoms. The lowest BCUT2D eigenvalue weighted by molar-refractivity contribution is -0.133. The van der Waals surface area contributed by atoms with Gasteiger partial charge in [0.15, 0.2) is 0 Å². The first kappa shape index (κ1) is 11.9. The van der Waals surface area contributed by atoms with Gasteiger partial charge in [-0.25, -0.2) is 0 Å². The number of rotatable bonds is 3. The van der Waals surface area contributed by atoms with Gasteiger partial charge in [0.05, 0.1) is 6.54 Å². The number of piperazine rings is 1. The first-order valence-corrected chi connectivity index (χ1v) is 6.54. The third-order valence-electron chi connectivity index (χ3n) is 3.72. The van der Waals surface area contributed by atoms with Crippen molar-refractivity contribution in [1.82, 2.24) is 15.1 Å². The highest BCUT2D eigenvalue weighted by Crippen LogP contribution is 2.20. The number of carbonyl (C=O) groups excluding carboxylic acids is 1. The van der Waals surface area contributed by atoms with Crippen LogP contribution in [0.2, 0.25) is 0 Å². The fraction of sp³-hybridized carbons (Fsp3) is 0.917. The van der Waals surface area contributed by atoms with Crippen molar-refractivity contribution in [3.05, 3.63) is 0 Å². The molecule has 1 amide bonds. The van der Waals surface area contributed by atoms with Crippen molar-refractivity contribution >= 4 is 5.91 Å². The average Bonchev–Trinajstić information content (AvgIpc) is 2.35. The molecule has 0 saturated carbocycles. The minimum Gasteiger partial charge on any atom is -0.339 e. The van der Waals surface area contributed by atoms with Gasteiger partial charge in [-0.3, -0.25) is 9.69 Å². The Morgan fingerprint density at radius 3 is 3.00 bits per heavy atom. The molecule has 0 aliphatic carbocycles. The van der Waals surface area contributed by atoms with Gasteiger partial charge in [0, 0.05) is 25.7 Å². The number of hydrogen-bond acceptors (Lipinski definition) is 3. The number of amides is 1. The summed E-state index contributed by atoms with van der Waals surface area (Å²) in [5.41, 5.74) is 0. The van der Waals surface area contributed by atoms with Gasteiger partial charge in [-0.1, -0.05) is 13.3 Å². The number of carbonyl (C=O) groups is 1. The molecule has 1 atom stereocenters. The van der Waals surface area contributed by atoms with Gasteiger partial charge < -0.3 is 10.2 Å². The zero-order valence-corrected chi connectivity index (χ0v) is 10.2. The van der Waals surface area contributed by atoms with Crippen molar-refractivity contribution < 1.29 is 4.79 Å². The van der Waals surface area contributed by atoms with E-state index < -0.39 is 0 Å². The third-order valence-corrected chi connectivity index (χ3v) is 3.72. The quantitative estimate of drug-likeness (QED) is 0.750. The van der Waals surface area contributed by atoms with E-state index in [9.17, 15) is 4.79 Å². The first-order chi connectivity index (χ1) is 7.81. The summed E-state index contributed by atoms with van der Waals surface area (Å²) in [4.78, 5) is 16.5. The van der Waals surface area contributed by atoms with E-state index in [-0.39, 0.29) is 5.91 Å². The fourth-order valence-electron chi connectivity index (χ4n) is 2.73. The molecule has 0 aromatic carbocycles. The molecule has 0 aromatic rings. The minimum atomic E-state index is 0.270. The van der Waals surface area contributed by atoms with Gasteiger partial charge in [0.2, 0.25) is 5.91 Å². The summed E-state index contributed by atoms with van der Waals surface area (Å²) < 4.78 is 0. The molecule has 2 fully saturated rings. The average molecular weight is 225 g/mol. The maximum absolute atomic E-state index is 11.9. The molecule has 0 aromatic heterocycles. The predicted molar refractivity (Wildman–Crippen MR) is 64.3 cm³/mol. The van der Waals surface area contributed by atoms with E-state index in [1.54, 1.807) is 0 Å². The summed E-state index contributed by atoms with van der Waals surface area (Å²) in [6.07, 6.45) is 3.93. The van der Waals surface area contributed by atoms with Gasteiger partial charge in [-0.05, 0) is 25.9 Å². The Bertz CT molecular complexity index is 244. The van der Waals surface area contributed by atoms with Gasteiger partial charge in [-0.2, -0.15) is 0 Å². The molecule has 0 bridgehead atoms. The normalized spacial score (nSPS) is 26.6. The van der Waals surface area contributed by atoms with Crippen molar-refractivity contribution in [1.29, 1.82) is 0 Å². The lowest BCUT2D eigenvalue weighted by atomic mass is 9.99. The van der Waals surface area contributed by atoms with E-state index in [1.165, 1.54) is 25.8 Å². The second-order valence-electron chi connectivity index (χ2n) is 4.81. The maximum Gasteiger partial charge on any atom is 0.236 e. The van der Waals surface area contributed by atoms with Crippen LogP contribution in [-0.4, -0.2) is 61.0 Å². The van der Waals surface area contributed by atoms with Crippen molar-refractivity contribution in [2.24, 2.45) is 0 Å². The van der Waals surface area contributed by atoms with Crippen LogP contribution in [0.5, 0.6) is 0 Å². The highest BCUT2D eigenvalue weighted by Gasteiger charge is 2.30. The summed E-state index contributed by atoms with van der Waals surface area (Å²) in [5.74, 6) is 0.270. The van der Waals surface area contributed by atoms with Crippen molar-refractivity contribution in [3.63, 3.8) is 0 Å². The maximum atomic E-state index is 11.9.